The van der Waals surface area contributed by atoms with Crippen LogP contribution in [0.25, 0.3) is 0 Å². The molecule has 0 amide bonds. The van der Waals surface area contributed by atoms with Crippen LogP contribution in [0.1, 0.15) is 26.7 Å². The van der Waals surface area contributed by atoms with Crippen LogP contribution in [0, 0.1) is 0 Å². The maximum atomic E-state index is 5.98. The lowest BCUT2D eigenvalue weighted by molar-refractivity contribution is 0.0855. The number of hydrogen-bond donors (Lipinski definition) is 1. The lowest BCUT2D eigenvalue weighted by Gasteiger charge is -2.28. The van der Waals surface area contributed by atoms with Crippen molar-refractivity contribution in [3.8, 4) is 17.2 Å². The van der Waals surface area contributed by atoms with E-state index >= 15 is 0 Å². The van der Waals surface area contributed by atoms with E-state index < -0.39 is 0 Å². The number of nitrogens with one attached hydrogen (secondary N) is 1. The molecule has 1 aliphatic rings. The Hall–Kier alpha value is -1.42. The van der Waals surface area contributed by atoms with E-state index in [1.807, 2.05) is 25.1 Å². The Morgan fingerprint density at radius 3 is 3.05 bits per heavy atom. The SMILES string of the molecule is CCCCNC[C@H]1COc2cccc(OCC)c2O1. The van der Waals surface area contributed by atoms with Crippen LogP contribution in [0.5, 0.6) is 17.2 Å². The van der Waals surface area contributed by atoms with Crippen LogP contribution in [0.3, 0.4) is 0 Å². The quantitative estimate of drug-likeness (QED) is 0.769. The Kier molecular flexibility index (Phi) is 5.33. The first-order chi connectivity index (χ1) is 9.35. The van der Waals surface area contributed by atoms with E-state index in [9.17, 15) is 0 Å². The third-order valence-electron chi connectivity index (χ3n) is 3.03. The van der Waals surface area contributed by atoms with Crippen LogP contribution in [-0.2, 0) is 0 Å². The van der Waals surface area contributed by atoms with Gasteiger partial charge < -0.3 is 19.5 Å². The van der Waals surface area contributed by atoms with E-state index in [-0.39, 0.29) is 6.10 Å². The van der Waals surface area contributed by atoms with Crippen molar-refractivity contribution < 1.29 is 14.2 Å². The first kappa shape index (κ1) is 14.0. The maximum absolute atomic E-state index is 5.98. The summed E-state index contributed by atoms with van der Waals surface area (Å²) in [7, 11) is 0. The van der Waals surface area contributed by atoms with Gasteiger partial charge in [0.1, 0.15) is 12.7 Å². The smallest absolute Gasteiger partial charge is 0.204 e. The second-order valence-electron chi connectivity index (χ2n) is 4.62. The number of para-hydroxylation sites is 1. The second kappa shape index (κ2) is 7.24. The zero-order chi connectivity index (χ0) is 13.5. The van der Waals surface area contributed by atoms with E-state index in [0.717, 1.165) is 30.3 Å². The highest BCUT2D eigenvalue weighted by atomic mass is 16.6. The van der Waals surface area contributed by atoms with Crippen molar-refractivity contribution in [3.05, 3.63) is 18.2 Å². The minimum Gasteiger partial charge on any atom is -0.490 e. The monoisotopic (exact) mass is 265 g/mol. The molecule has 0 aliphatic carbocycles. The molecule has 1 atom stereocenters. The summed E-state index contributed by atoms with van der Waals surface area (Å²) >= 11 is 0. The molecule has 4 heteroatoms. The Labute approximate surface area is 115 Å². The highest BCUT2D eigenvalue weighted by molar-refractivity contribution is 5.52. The number of unbranched alkanes of at least 4 members (excludes halogenated alkanes) is 1. The van der Waals surface area contributed by atoms with Crippen LogP contribution in [0.4, 0.5) is 0 Å². The van der Waals surface area contributed by atoms with Crippen LogP contribution in [0.15, 0.2) is 18.2 Å². The average molecular weight is 265 g/mol. The second-order valence-corrected chi connectivity index (χ2v) is 4.62. The van der Waals surface area contributed by atoms with Gasteiger partial charge in [0.2, 0.25) is 5.75 Å². The Balaban J connectivity index is 1.93. The van der Waals surface area contributed by atoms with Gasteiger partial charge in [-0.2, -0.15) is 0 Å². The van der Waals surface area contributed by atoms with Crippen molar-refractivity contribution in [3.63, 3.8) is 0 Å². The standard InChI is InChI=1S/C15H23NO3/c1-3-5-9-16-10-12-11-18-14-8-6-7-13(17-4-2)15(14)19-12/h6-8,12,16H,3-5,9-11H2,1-2H3/t12-/m0/s1. The molecule has 0 saturated carbocycles. The predicted molar refractivity (Wildman–Crippen MR) is 75.3 cm³/mol. The first-order valence-electron chi connectivity index (χ1n) is 7.11. The molecule has 19 heavy (non-hydrogen) atoms. The molecule has 1 aromatic rings. The van der Waals surface area contributed by atoms with Gasteiger partial charge in [0, 0.05) is 6.54 Å². The number of hydrogen-bond acceptors (Lipinski definition) is 4. The summed E-state index contributed by atoms with van der Waals surface area (Å²) in [6.45, 7) is 7.19. The molecule has 1 heterocycles. The molecular formula is C15H23NO3. The fraction of sp³-hybridized carbons (Fsp3) is 0.600. The lowest BCUT2D eigenvalue weighted by atomic mass is 10.2. The Morgan fingerprint density at radius 2 is 2.26 bits per heavy atom. The molecule has 0 spiro atoms. The normalized spacial score (nSPS) is 17.3. The highest BCUT2D eigenvalue weighted by Crippen LogP contribution is 2.40. The highest BCUT2D eigenvalue weighted by Gasteiger charge is 2.23. The fourth-order valence-corrected chi connectivity index (χ4v) is 2.04. The molecule has 0 bridgehead atoms. The molecule has 0 aromatic heterocycles. The minimum atomic E-state index is 0.0472. The zero-order valence-corrected chi connectivity index (χ0v) is 11.8. The number of ether oxygens (including phenoxy) is 3. The summed E-state index contributed by atoms with van der Waals surface area (Å²) in [5.41, 5.74) is 0. The Morgan fingerprint density at radius 1 is 1.37 bits per heavy atom. The molecule has 1 N–H and O–H groups in total. The van der Waals surface area contributed by atoms with Crippen LogP contribution in [0.2, 0.25) is 0 Å². The van der Waals surface area contributed by atoms with E-state index in [4.69, 9.17) is 14.2 Å². The van der Waals surface area contributed by atoms with E-state index in [1.54, 1.807) is 0 Å². The third-order valence-corrected chi connectivity index (χ3v) is 3.03. The fourth-order valence-electron chi connectivity index (χ4n) is 2.04. The van der Waals surface area contributed by atoms with Crippen LogP contribution < -0.4 is 19.5 Å². The summed E-state index contributed by atoms with van der Waals surface area (Å²) in [5, 5.41) is 3.39. The van der Waals surface area contributed by atoms with Gasteiger partial charge in [0.25, 0.3) is 0 Å². The molecule has 0 unspecified atom stereocenters. The van der Waals surface area contributed by atoms with Gasteiger partial charge in [-0.1, -0.05) is 19.4 Å². The van der Waals surface area contributed by atoms with Crippen LogP contribution >= 0.6 is 0 Å². The maximum Gasteiger partial charge on any atom is 0.204 e. The molecule has 4 nitrogen and oxygen atoms in total. The molecule has 106 valence electrons. The van der Waals surface area contributed by atoms with Crippen molar-refractivity contribution in [2.24, 2.45) is 0 Å². The average Bonchev–Trinajstić information content (AvgIpc) is 2.44. The number of fused-ring (bicyclic) bond motifs is 1. The summed E-state index contributed by atoms with van der Waals surface area (Å²) in [6, 6.07) is 5.75. The molecule has 1 aliphatic heterocycles. The number of benzene rings is 1. The van der Waals surface area contributed by atoms with Crippen molar-refractivity contribution in [1.82, 2.24) is 5.32 Å². The Bertz CT molecular complexity index is 395. The molecular weight excluding hydrogens is 242 g/mol. The van der Waals surface area contributed by atoms with Gasteiger partial charge in [0.05, 0.1) is 6.61 Å². The zero-order valence-electron chi connectivity index (χ0n) is 11.8. The molecule has 2 rings (SSSR count). The lowest BCUT2D eigenvalue weighted by Crippen LogP contribution is -2.38. The summed E-state index contributed by atoms with van der Waals surface area (Å²) in [4.78, 5) is 0. The van der Waals surface area contributed by atoms with Crippen molar-refractivity contribution in [2.75, 3.05) is 26.3 Å². The predicted octanol–water partition coefficient (Wildman–Crippen LogP) is 2.61. The summed E-state index contributed by atoms with van der Waals surface area (Å²) in [6.07, 6.45) is 2.44. The summed E-state index contributed by atoms with van der Waals surface area (Å²) in [5.74, 6) is 2.27. The van der Waals surface area contributed by atoms with Crippen molar-refractivity contribution in [2.45, 2.75) is 32.8 Å². The minimum absolute atomic E-state index is 0.0472. The molecule has 1 aromatic carbocycles. The van der Waals surface area contributed by atoms with Gasteiger partial charge >= 0.3 is 0 Å². The largest absolute Gasteiger partial charge is 0.490 e. The van der Waals surface area contributed by atoms with Gasteiger partial charge in [-0.05, 0) is 32.0 Å². The molecule has 0 fully saturated rings. The van der Waals surface area contributed by atoms with E-state index in [2.05, 4.69) is 12.2 Å². The third kappa shape index (κ3) is 3.77. The molecule has 0 radical (unpaired) electrons. The van der Waals surface area contributed by atoms with E-state index in [0.29, 0.717) is 13.2 Å². The van der Waals surface area contributed by atoms with Gasteiger partial charge in [0.15, 0.2) is 11.5 Å². The van der Waals surface area contributed by atoms with Gasteiger partial charge in [-0.15, -0.1) is 0 Å². The topological polar surface area (TPSA) is 39.7 Å². The summed E-state index contributed by atoms with van der Waals surface area (Å²) < 4.78 is 17.3. The van der Waals surface area contributed by atoms with Gasteiger partial charge in [-0.3, -0.25) is 0 Å². The van der Waals surface area contributed by atoms with Crippen LogP contribution in [-0.4, -0.2) is 32.4 Å². The van der Waals surface area contributed by atoms with Gasteiger partial charge in [-0.25, -0.2) is 0 Å². The molecule has 0 saturated heterocycles. The van der Waals surface area contributed by atoms with E-state index in [1.165, 1.54) is 12.8 Å². The van der Waals surface area contributed by atoms with Crippen molar-refractivity contribution in [1.29, 1.82) is 0 Å². The number of rotatable bonds is 7. The first-order valence-corrected chi connectivity index (χ1v) is 7.11. The van der Waals surface area contributed by atoms with Crippen molar-refractivity contribution >= 4 is 0 Å².